The number of anilines is 1. The second kappa shape index (κ2) is 9.33. The molecule has 0 amide bonds. The third kappa shape index (κ3) is 4.26. The van der Waals surface area contributed by atoms with Crippen LogP contribution >= 0.6 is 11.8 Å². The van der Waals surface area contributed by atoms with Crippen LogP contribution in [0.25, 0.3) is 5.69 Å². The first-order valence-corrected chi connectivity index (χ1v) is 10.9. The third-order valence-electron chi connectivity index (χ3n) is 5.07. The maximum absolute atomic E-state index is 5.53. The molecular formula is C22H26N4O2S. The van der Waals surface area contributed by atoms with Gasteiger partial charge in [-0.1, -0.05) is 55.1 Å². The van der Waals surface area contributed by atoms with E-state index in [1.807, 2.05) is 18.2 Å². The highest BCUT2D eigenvalue weighted by molar-refractivity contribution is 7.98. The maximum Gasteiger partial charge on any atom is 0.232 e. The molecule has 2 aromatic carbocycles. The molecule has 4 rings (SSSR count). The molecule has 152 valence electrons. The highest BCUT2D eigenvalue weighted by atomic mass is 32.2. The summed E-state index contributed by atoms with van der Waals surface area (Å²) in [6.45, 7) is 5.25. The smallest absolute Gasteiger partial charge is 0.232 e. The number of hydrogen-bond acceptors (Lipinski definition) is 6. The Labute approximate surface area is 175 Å². The Balaban J connectivity index is 1.71. The van der Waals surface area contributed by atoms with Crippen LogP contribution in [-0.4, -0.2) is 48.2 Å². The molecule has 0 radical (unpaired) electrons. The van der Waals surface area contributed by atoms with E-state index in [1.54, 1.807) is 18.9 Å². The summed E-state index contributed by atoms with van der Waals surface area (Å²) in [5.74, 6) is 2.55. The lowest BCUT2D eigenvalue weighted by atomic mass is 10.1. The van der Waals surface area contributed by atoms with Gasteiger partial charge >= 0.3 is 0 Å². The van der Waals surface area contributed by atoms with Crippen molar-refractivity contribution >= 4 is 17.7 Å². The fourth-order valence-electron chi connectivity index (χ4n) is 3.53. The molecule has 1 aromatic heterocycles. The zero-order valence-electron chi connectivity index (χ0n) is 16.9. The number of aryl methyl sites for hydroxylation is 1. The molecule has 1 saturated heterocycles. The topological polar surface area (TPSA) is 52.4 Å². The molecule has 0 bridgehead atoms. The monoisotopic (exact) mass is 410 g/mol. The van der Waals surface area contributed by atoms with E-state index in [1.165, 1.54) is 5.56 Å². The van der Waals surface area contributed by atoms with Crippen LogP contribution in [0.15, 0.2) is 53.7 Å². The lowest BCUT2D eigenvalue weighted by Gasteiger charge is -2.28. The molecule has 1 aliphatic heterocycles. The molecular weight excluding hydrogens is 384 g/mol. The quantitative estimate of drug-likeness (QED) is 0.550. The Morgan fingerprint density at radius 2 is 1.72 bits per heavy atom. The van der Waals surface area contributed by atoms with Crippen LogP contribution < -0.4 is 9.64 Å². The number of rotatable bonds is 7. The molecule has 3 aromatic rings. The number of aromatic nitrogens is 3. The van der Waals surface area contributed by atoms with Gasteiger partial charge in [0.15, 0.2) is 5.16 Å². The van der Waals surface area contributed by atoms with Crippen LogP contribution in [0, 0.1) is 0 Å². The van der Waals surface area contributed by atoms with Gasteiger partial charge in [-0.3, -0.25) is 4.57 Å². The predicted octanol–water partition coefficient (Wildman–Crippen LogP) is 3.97. The van der Waals surface area contributed by atoms with Crippen molar-refractivity contribution in [3.05, 3.63) is 59.7 Å². The molecule has 0 aliphatic carbocycles. The van der Waals surface area contributed by atoms with Gasteiger partial charge in [-0.2, -0.15) is 0 Å². The van der Waals surface area contributed by atoms with E-state index in [0.29, 0.717) is 13.2 Å². The van der Waals surface area contributed by atoms with Gasteiger partial charge in [0.2, 0.25) is 5.95 Å². The number of methoxy groups -OCH3 is 1. The lowest BCUT2D eigenvalue weighted by molar-refractivity contribution is 0.122. The summed E-state index contributed by atoms with van der Waals surface area (Å²) in [6.07, 6.45) is 0.952. The molecule has 7 heteroatoms. The number of morpholine rings is 1. The van der Waals surface area contributed by atoms with Gasteiger partial charge in [0.05, 0.1) is 26.0 Å². The van der Waals surface area contributed by atoms with Gasteiger partial charge in [0.1, 0.15) is 5.75 Å². The van der Waals surface area contributed by atoms with Crippen molar-refractivity contribution in [3.63, 3.8) is 0 Å². The molecule has 0 spiro atoms. The van der Waals surface area contributed by atoms with Gasteiger partial charge in [0, 0.05) is 24.4 Å². The number of ether oxygens (including phenoxy) is 2. The maximum atomic E-state index is 5.53. The van der Waals surface area contributed by atoms with Crippen molar-refractivity contribution in [3.8, 4) is 11.4 Å². The normalized spacial score (nSPS) is 14.2. The van der Waals surface area contributed by atoms with Crippen LogP contribution in [0.4, 0.5) is 5.95 Å². The lowest BCUT2D eigenvalue weighted by Crippen LogP contribution is -2.38. The molecule has 0 saturated carbocycles. The molecule has 0 N–H and O–H groups in total. The first-order chi connectivity index (χ1) is 14.3. The van der Waals surface area contributed by atoms with Crippen LogP contribution in [0.2, 0.25) is 0 Å². The van der Waals surface area contributed by atoms with E-state index < -0.39 is 0 Å². The standard InChI is InChI=1S/C22H26N4O2S/c1-3-17-8-4-6-10-19(17)26-21(25-12-14-28-15-13-25)23-24-22(26)29-16-18-9-5-7-11-20(18)27-2/h4-11H,3,12-16H2,1-2H3. The Morgan fingerprint density at radius 3 is 2.48 bits per heavy atom. The predicted molar refractivity (Wildman–Crippen MR) is 116 cm³/mol. The minimum atomic E-state index is 0.714. The molecule has 1 aliphatic rings. The third-order valence-corrected chi connectivity index (χ3v) is 6.05. The molecule has 6 nitrogen and oxygen atoms in total. The summed E-state index contributed by atoms with van der Waals surface area (Å²) in [4.78, 5) is 2.26. The highest BCUT2D eigenvalue weighted by Gasteiger charge is 2.23. The van der Waals surface area contributed by atoms with Gasteiger partial charge in [-0.15, -0.1) is 10.2 Å². The van der Waals surface area contributed by atoms with Crippen LogP contribution in [0.3, 0.4) is 0 Å². The number of hydrogen-bond donors (Lipinski definition) is 0. The second-order valence-electron chi connectivity index (χ2n) is 6.80. The van der Waals surface area contributed by atoms with Crippen molar-refractivity contribution < 1.29 is 9.47 Å². The summed E-state index contributed by atoms with van der Waals surface area (Å²) in [5, 5.41) is 10.0. The first kappa shape index (κ1) is 19.8. The fraction of sp³-hybridized carbons (Fsp3) is 0.364. The van der Waals surface area contributed by atoms with Crippen molar-refractivity contribution in [1.82, 2.24) is 14.8 Å². The molecule has 1 fully saturated rings. The Morgan fingerprint density at radius 1 is 1.00 bits per heavy atom. The van der Waals surface area contributed by atoms with Gasteiger partial charge < -0.3 is 14.4 Å². The largest absolute Gasteiger partial charge is 0.496 e. The van der Waals surface area contributed by atoms with Crippen LogP contribution in [-0.2, 0) is 16.9 Å². The molecule has 0 unspecified atom stereocenters. The van der Waals surface area contributed by atoms with Gasteiger partial charge in [-0.25, -0.2) is 0 Å². The van der Waals surface area contributed by atoms with E-state index in [4.69, 9.17) is 9.47 Å². The number of thioether (sulfide) groups is 1. The highest BCUT2D eigenvalue weighted by Crippen LogP contribution is 2.32. The zero-order chi connectivity index (χ0) is 20.1. The SMILES string of the molecule is CCc1ccccc1-n1c(SCc2ccccc2OC)nnc1N1CCOCC1. The van der Waals surface area contributed by atoms with Crippen molar-refractivity contribution in [2.24, 2.45) is 0 Å². The first-order valence-electron chi connectivity index (χ1n) is 9.93. The van der Waals surface area contributed by atoms with E-state index >= 15 is 0 Å². The summed E-state index contributed by atoms with van der Waals surface area (Å²) in [6, 6.07) is 16.6. The number of benzene rings is 2. The average molecular weight is 411 g/mol. The molecule has 29 heavy (non-hydrogen) atoms. The number of para-hydroxylation sites is 2. The Bertz CT molecular complexity index is 953. The van der Waals surface area contributed by atoms with Crippen LogP contribution in [0.5, 0.6) is 5.75 Å². The van der Waals surface area contributed by atoms with E-state index in [-0.39, 0.29) is 0 Å². The average Bonchev–Trinajstić information content (AvgIpc) is 3.22. The minimum absolute atomic E-state index is 0.714. The zero-order valence-corrected chi connectivity index (χ0v) is 17.7. The summed E-state index contributed by atoms with van der Waals surface area (Å²) in [7, 11) is 1.71. The van der Waals surface area contributed by atoms with Gasteiger partial charge in [0.25, 0.3) is 0 Å². The number of nitrogens with zero attached hydrogens (tertiary/aromatic N) is 4. The Kier molecular flexibility index (Phi) is 6.36. The van der Waals surface area contributed by atoms with Gasteiger partial charge in [-0.05, 0) is 24.1 Å². The van der Waals surface area contributed by atoms with Crippen molar-refractivity contribution in [1.29, 1.82) is 0 Å². The van der Waals surface area contributed by atoms with Crippen molar-refractivity contribution in [2.45, 2.75) is 24.3 Å². The summed E-state index contributed by atoms with van der Waals surface area (Å²) in [5.41, 5.74) is 3.57. The minimum Gasteiger partial charge on any atom is -0.496 e. The molecule has 0 atom stereocenters. The summed E-state index contributed by atoms with van der Waals surface area (Å²) >= 11 is 1.68. The van der Waals surface area contributed by atoms with E-state index in [2.05, 4.69) is 56.9 Å². The molecule has 2 heterocycles. The Hall–Kier alpha value is -2.51. The van der Waals surface area contributed by atoms with E-state index in [0.717, 1.165) is 53.4 Å². The summed E-state index contributed by atoms with van der Waals surface area (Å²) < 4.78 is 13.2. The fourth-order valence-corrected chi connectivity index (χ4v) is 4.46. The van der Waals surface area contributed by atoms with Crippen LogP contribution in [0.1, 0.15) is 18.1 Å². The second-order valence-corrected chi connectivity index (χ2v) is 7.74. The van der Waals surface area contributed by atoms with Crippen molar-refractivity contribution in [2.75, 3.05) is 38.3 Å². The van der Waals surface area contributed by atoms with E-state index in [9.17, 15) is 0 Å².